The smallest absolute Gasteiger partial charge is 0.133 e. The maximum Gasteiger partial charge on any atom is 0.133 e. The lowest BCUT2D eigenvalue weighted by Gasteiger charge is -2.13. The molecule has 0 radical (unpaired) electrons. The summed E-state index contributed by atoms with van der Waals surface area (Å²) in [6.45, 7) is 5.88. The fraction of sp³-hybridized carbons (Fsp3) is 0.286. The van der Waals surface area contributed by atoms with Gasteiger partial charge in [0.1, 0.15) is 16.3 Å². The minimum absolute atomic E-state index is 0.202. The van der Waals surface area contributed by atoms with Crippen LogP contribution in [0, 0.1) is 17.4 Å². The Morgan fingerprint density at radius 3 is 2.68 bits per heavy atom. The van der Waals surface area contributed by atoms with Crippen molar-refractivity contribution in [1.82, 2.24) is 9.97 Å². The molecule has 2 rings (SSSR count). The van der Waals surface area contributed by atoms with Gasteiger partial charge in [0.25, 0.3) is 0 Å². The Bertz CT molecular complexity index is 680. The average molecular weight is 297 g/mol. The van der Waals surface area contributed by atoms with Crippen LogP contribution < -0.4 is 0 Å². The first kappa shape index (κ1) is 14.2. The van der Waals surface area contributed by atoms with Gasteiger partial charge in [-0.2, -0.15) is 0 Å². The van der Waals surface area contributed by atoms with Crippen molar-refractivity contribution in [3.63, 3.8) is 0 Å². The number of nitrogens with one attached hydrogen (secondary N) is 1. The predicted octanol–water partition coefficient (Wildman–Crippen LogP) is 5.03. The van der Waals surface area contributed by atoms with Crippen molar-refractivity contribution in [3.05, 3.63) is 45.1 Å². The van der Waals surface area contributed by atoms with Gasteiger partial charge in [0.2, 0.25) is 0 Å². The van der Waals surface area contributed by atoms with Crippen molar-refractivity contribution in [2.24, 2.45) is 0 Å². The van der Waals surface area contributed by atoms with E-state index < -0.39 is 0 Å². The minimum Gasteiger partial charge on any atom is -0.343 e. The quantitative estimate of drug-likeness (QED) is 0.787. The zero-order valence-electron chi connectivity index (χ0n) is 10.9. The predicted molar refractivity (Wildman–Crippen MR) is 78.7 cm³/mol. The van der Waals surface area contributed by atoms with Gasteiger partial charge in [-0.1, -0.05) is 37.7 Å². The van der Waals surface area contributed by atoms with E-state index in [1.807, 2.05) is 20.8 Å². The lowest BCUT2D eigenvalue weighted by molar-refractivity contribution is 0.628. The Balaban J connectivity index is 2.74. The van der Waals surface area contributed by atoms with E-state index in [4.69, 9.17) is 23.8 Å². The van der Waals surface area contributed by atoms with E-state index in [-0.39, 0.29) is 11.7 Å². The normalized spacial score (nSPS) is 11.1. The SMILES string of the molecule is Cc1c(-c2cc(F)ccc2Cl)[nH]c(C(C)C)nc1=S. The molecule has 0 bridgehead atoms. The van der Waals surface area contributed by atoms with Crippen LogP contribution in [0.4, 0.5) is 4.39 Å². The van der Waals surface area contributed by atoms with Gasteiger partial charge in [-0.3, -0.25) is 0 Å². The number of nitrogens with zero attached hydrogens (tertiary/aromatic N) is 1. The standard InChI is InChI=1S/C14H14ClFN2S/c1-7(2)13-17-12(8(3)14(19)18-13)10-6-9(16)4-5-11(10)15/h4-7H,1-3H3,(H,17,18,19). The van der Waals surface area contributed by atoms with Gasteiger partial charge < -0.3 is 4.98 Å². The molecule has 19 heavy (non-hydrogen) atoms. The van der Waals surface area contributed by atoms with Crippen LogP contribution >= 0.6 is 23.8 Å². The van der Waals surface area contributed by atoms with Crippen molar-refractivity contribution >= 4 is 23.8 Å². The molecule has 5 heteroatoms. The molecule has 0 atom stereocenters. The Hall–Kier alpha value is -1.26. The second kappa shape index (κ2) is 5.39. The van der Waals surface area contributed by atoms with E-state index in [9.17, 15) is 4.39 Å². The van der Waals surface area contributed by atoms with Crippen LogP contribution in [-0.4, -0.2) is 9.97 Å². The van der Waals surface area contributed by atoms with Crippen LogP contribution in [0.15, 0.2) is 18.2 Å². The molecule has 1 N–H and O–H groups in total. The third-order valence-electron chi connectivity index (χ3n) is 2.92. The number of rotatable bonds is 2. The largest absolute Gasteiger partial charge is 0.343 e. The summed E-state index contributed by atoms with van der Waals surface area (Å²) in [5.74, 6) is 0.639. The first-order valence-corrected chi connectivity index (χ1v) is 6.75. The molecule has 0 unspecified atom stereocenters. The van der Waals surface area contributed by atoms with Gasteiger partial charge in [-0.25, -0.2) is 9.37 Å². The van der Waals surface area contributed by atoms with Crippen molar-refractivity contribution < 1.29 is 4.39 Å². The number of hydrogen-bond acceptors (Lipinski definition) is 2. The zero-order valence-corrected chi connectivity index (χ0v) is 12.5. The van der Waals surface area contributed by atoms with Crippen LogP contribution in [0.3, 0.4) is 0 Å². The summed E-state index contributed by atoms with van der Waals surface area (Å²) in [6.07, 6.45) is 0. The van der Waals surface area contributed by atoms with Gasteiger partial charge >= 0.3 is 0 Å². The molecule has 1 heterocycles. The van der Waals surface area contributed by atoms with Gasteiger partial charge in [0.05, 0.1) is 10.7 Å². The number of H-pyrrole nitrogens is 1. The first-order chi connectivity index (χ1) is 8.90. The summed E-state index contributed by atoms with van der Waals surface area (Å²) < 4.78 is 13.9. The highest BCUT2D eigenvalue weighted by Gasteiger charge is 2.13. The number of aromatic nitrogens is 2. The summed E-state index contributed by atoms with van der Waals surface area (Å²) in [5, 5.41) is 0.482. The van der Waals surface area contributed by atoms with Crippen molar-refractivity contribution in [2.45, 2.75) is 26.7 Å². The minimum atomic E-state index is -0.332. The Morgan fingerprint density at radius 2 is 2.05 bits per heavy atom. The number of halogens is 2. The molecule has 2 aromatic rings. The third-order valence-corrected chi connectivity index (χ3v) is 3.64. The Labute approximate surface area is 121 Å². The number of benzene rings is 1. The van der Waals surface area contributed by atoms with Crippen LogP contribution in [0.2, 0.25) is 5.02 Å². The van der Waals surface area contributed by atoms with E-state index in [1.165, 1.54) is 18.2 Å². The molecule has 0 aliphatic heterocycles. The second-order valence-electron chi connectivity index (χ2n) is 4.71. The number of aromatic amines is 1. The van der Waals surface area contributed by atoms with Crippen molar-refractivity contribution in [2.75, 3.05) is 0 Å². The average Bonchev–Trinajstić information content (AvgIpc) is 2.35. The van der Waals surface area contributed by atoms with Crippen LogP contribution in [-0.2, 0) is 0 Å². The second-order valence-corrected chi connectivity index (χ2v) is 5.50. The third kappa shape index (κ3) is 2.85. The highest BCUT2D eigenvalue weighted by Crippen LogP contribution is 2.30. The van der Waals surface area contributed by atoms with Gasteiger partial charge in [-0.05, 0) is 25.1 Å². The highest BCUT2D eigenvalue weighted by atomic mass is 35.5. The van der Waals surface area contributed by atoms with Crippen LogP contribution in [0.1, 0.15) is 31.2 Å². The van der Waals surface area contributed by atoms with E-state index in [0.29, 0.717) is 15.2 Å². The van der Waals surface area contributed by atoms with Gasteiger partial charge in [-0.15, -0.1) is 0 Å². The summed E-state index contributed by atoms with van der Waals surface area (Å²) in [5.41, 5.74) is 2.13. The highest BCUT2D eigenvalue weighted by molar-refractivity contribution is 7.71. The fourth-order valence-electron chi connectivity index (χ4n) is 1.78. The fourth-order valence-corrected chi connectivity index (χ4v) is 2.19. The summed E-state index contributed by atoms with van der Waals surface area (Å²) in [4.78, 5) is 7.54. The van der Waals surface area contributed by atoms with Crippen LogP contribution in [0.5, 0.6) is 0 Å². The Morgan fingerprint density at radius 1 is 1.37 bits per heavy atom. The van der Waals surface area contributed by atoms with E-state index in [2.05, 4.69) is 9.97 Å². The van der Waals surface area contributed by atoms with Gasteiger partial charge in [0.15, 0.2) is 0 Å². The van der Waals surface area contributed by atoms with Gasteiger partial charge in [0, 0.05) is 17.0 Å². The molecule has 0 saturated heterocycles. The topological polar surface area (TPSA) is 28.7 Å². The lowest BCUT2D eigenvalue weighted by atomic mass is 10.1. The molecule has 0 aliphatic rings. The molecule has 0 fully saturated rings. The summed E-state index contributed by atoms with van der Waals surface area (Å²) >= 11 is 11.4. The Kier molecular flexibility index (Phi) is 4.02. The van der Waals surface area contributed by atoms with Crippen molar-refractivity contribution in [3.8, 4) is 11.3 Å². The molecule has 1 aromatic carbocycles. The molecular weight excluding hydrogens is 283 g/mol. The van der Waals surface area contributed by atoms with E-state index >= 15 is 0 Å². The molecule has 0 spiro atoms. The molecule has 0 aliphatic carbocycles. The lowest BCUT2D eigenvalue weighted by Crippen LogP contribution is -2.02. The molecule has 2 nitrogen and oxygen atoms in total. The molecule has 100 valence electrons. The number of hydrogen-bond donors (Lipinski definition) is 1. The summed E-state index contributed by atoms with van der Waals surface area (Å²) in [6, 6.07) is 4.28. The van der Waals surface area contributed by atoms with E-state index in [0.717, 1.165) is 17.1 Å². The molecule has 1 aromatic heterocycles. The molecule has 0 amide bonds. The van der Waals surface area contributed by atoms with Crippen molar-refractivity contribution in [1.29, 1.82) is 0 Å². The first-order valence-electron chi connectivity index (χ1n) is 5.96. The molecule has 0 saturated carbocycles. The van der Waals surface area contributed by atoms with Crippen LogP contribution in [0.25, 0.3) is 11.3 Å². The monoisotopic (exact) mass is 296 g/mol. The maximum absolute atomic E-state index is 13.4. The molecular formula is C14H14ClFN2S. The zero-order chi connectivity index (χ0) is 14.2. The maximum atomic E-state index is 13.4. The van der Waals surface area contributed by atoms with E-state index in [1.54, 1.807) is 0 Å². The summed E-state index contributed by atoms with van der Waals surface area (Å²) in [7, 11) is 0.